The van der Waals surface area contributed by atoms with E-state index in [1.165, 1.54) is 18.5 Å². The molecular weight excluding hydrogens is 378 g/mol. The highest BCUT2D eigenvalue weighted by atomic mass is 16.5. The van der Waals surface area contributed by atoms with E-state index in [4.69, 9.17) is 9.47 Å². The molecule has 0 amide bonds. The van der Waals surface area contributed by atoms with E-state index >= 15 is 0 Å². The molecule has 30 heavy (non-hydrogen) atoms. The number of phenols is 1. The second-order valence-electron chi connectivity index (χ2n) is 8.23. The Morgan fingerprint density at radius 1 is 0.933 bits per heavy atom. The van der Waals surface area contributed by atoms with Crippen molar-refractivity contribution in [1.82, 2.24) is 9.80 Å². The molecule has 2 fully saturated rings. The molecule has 0 bridgehead atoms. The van der Waals surface area contributed by atoms with Gasteiger partial charge in [0.2, 0.25) is 0 Å². The lowest BCUT2D eigenvalue weighted by Gasteiger charge is -2.44. The Morgan fingerprint density at radius 3 is 2.43 bits per heavy atom. The van der Waals surface area contributed by atoms with E-state index in [2.05, 4.69) is 26.8 Å². The Morgan fingerprint density at radius 2 is 1.70 bits per heavy atom. The number of hydrogen-bond acceptors (Lipinski definition) is 6. The predicted molar refractivity (Wildman–Crippen MR) is 120 cm³/mol. The molecule has 0 saturated carbocycles. The molecule has 4 rings (SSSR count). The van der Waals surface area contributed by atoms with Crippen LogP contribution in [-0.2, 0) is 6.54 Å². The Hall–Kier alpha value is -2.44. The van der Waals surface area contributed by atoms with Crippen molar-refractivity contribution in [2.45, 2.75) is 25.4 Å². The van der Waals surface area contributed by atoms with Crippen molar-refractivity contribution < 1.29 is 14.6 Å². The van der Waals surface area contributed by atoms with E-state index in [9.17, 15) is 5.11 Å². The van der Waals surface area contributed by atoms with Crippen molar-refractivity contribution in [2.75, 3.05) is 58.4 Å². The van der Waals surface area contributed by atoms with Gasteiger partial charge in [-0.2, -0.15) is 0 Å². The smallest absolute Gasteiger partial charge is 0.160 e. The van der Waals surface area contributed by atoms with Gasteiger partial charge in [-0.1, -0.05) is 18.2 Å². The number of hydrogen-bond donors (Lipinski definition) is 1. The topological polar surface area (TPSA) is 48.4 Å². The molecular formula is C24H33N3O3. The highest BCUT2D eigenvalue weighted by Crippen LogP contribution is 2.30. The van der Waals surface area contributed by atoms with Crippen molar-refractivity contribution >= 4 is 5.69 Å². The third kappa shape index (κ3) is 4.65. The number of nitrogens with zero attached hydrogens (tertiary/aromatic N) is 3. The zero-order valence-electron chi connectivity index (χ0n) is 18.1. The molecule has 0 spiro atoms. The number of benzene rings is 2. The van der Waals surface area contributed by atoms with Crippen molar-refractivity contribution in [3.8, 4) is 17.2 Å². The minimum atomic E-state index is 0.219. The fourth-order valence-electron chi connectivity index (χ4n) is 4.78. The van der Waals surface area contributed by atoms with E-state index in [1.54, 1.807) is 14.2 Å². The molecule has 0 aromatic heterocycles. The largest absolute Gasteiger partial charge is 0.504 e. The van der Waals surface area contributed by atoms with Crippen LogP contribution in [0.1, 0.15) is 18.4 Å². The molecule has 2 saturated heterocycles. The maximum Gasteiger partial charge on any atom is 0.160 e. The summed E-state index contributed by atoms with van der Waals surface area (Å²) in [4.78, 5) is 7.61. The second-order valence-corrected chi connectivity index (χ2v) is 8.23. The van der Waals surface area contributed by atoms with Crippen molar-refractivity contribution in [1.29, 1.82) is 0 Å². The van der Waals surface area contributed by atoms with Crippen molar-refractivity contribution in [3.63, 3.8) is 0 Å². The van der Waals surface area contributed by atoms with E-state index in [-0.39, 0.29) is 5.75 Å². The van der Waals surface area contributed by atoms with Crippen LogP contribution >= 0.6 is 0 Å². The molecule has 2 aromatic carbocycles. The molecule has 2 aromatic rings. The van der Waals surface area contributed by atoms with Gasteiger partial charge in [-0.05, 0) is 49.2 Å². The zero-order chi connectivity index (χ0) is 20.9. The third-order valence-corrected chi connectivity index (χ3v) is 6.39. The van der Waals surface area contributed by atoms with Gasteiger partial charge in [0.15, 0.2) is 11.5 Å². The molecule has 1 N–H and O–H groups in total. The number of likely N-dealkylation sites (tertiary alicyclic amines) is 1. The summed E-state index contributed by atoms with van der Waals surface area (Å²) < 4.78 is 10.7. The van der Waals surface area contributed by atoms with Crippen LogP contribution in [0.4, 0.5) is 5.69 Å². The van der Waals surface area contributed by atoms with E-state index < -0.39 is 0 Å². The maximum absolute atomic E-state index is 10.1. The summed E-state index contributed by atoms with van der Waals surface area (Å²) >= 11 is 0. The average Bonchev–Trinajstić information content (AvgIpc) is 2.79. The standard InChI is InChI=1S/C24H33N3O3/c1-29-23-8-4-3-7-21(23)27-14-12-26(13-15-27)20-6-5-11-25(18-20)17-19-9-10-24(30-2)22(28)16-19/h3-4,7-10,16,20,28H,5-6,11-15,17-18H2,1-2H3/t20-/m0/s1. The van der Waals surface area contributed by atoms with Crippen molar-refractivity contribution in [2.24, 2.45) is 0 Å². The summed E-state index contributed by atoms with van der Waals surface area (Å²) in [6, 6.07) is 14.6. The van der Waals surface area contributed by atoms with Gasteiger partial charge in [-0.15, -0.1) is 0 Å². The lowest BCUT2D eigenvalue weighted by molar-refractivity contribution is 0.0886. The Bertz CT molecular complexity index is 836. The number of rotatable bonds is 6. The van der Waals surface area contributed by atoms with E-state index in [1.807, 2.05) is 30.3 Å². The zero-order valence-corrected chi connectivity index (χ0v) is 18.1. The first-order valence-corrected chi connectivity index (χ1v) is 10.9. The molecule has 2 aliphatic heterocycles. The number of piperidine rings is 1. The Labute approximate surface area is 179 Å². The van der Waals surface area contributed by atoms with E-state index in [0.717, 1.165) is 57.1 Å². The minimum Gasteiger partial charge on any atom is -0.504 e. The average molecular weight is 412 g/mol. The van der Waals surface area contributed by atoms with Gasteiger partial charge in [-0.3, -0.25) is 9.80 Å². The van der Waals surface area contributed by atoms with Gasteiger partial charge in [0, 0.05) is 45.3 Å². The lowest BCUT2D eigenvalue weighted by atomic mass is 10.0. The van der Waals surface area contributed by atoms with Crippen LogP contribution in [0.3, 0.4) is 0 Å². The number of ether oxygens (including phenoxy) is 2. The number of piperazine rings is 1. The number of methoxy groups -OCH3 is 2. The first kappa shape index (κ1) is 20.8. The number of para-hydroxylation sites is 2. The van der Waals surface area contributed by atoms with Crippen molar-refractivity contribution in [3.05, 3.63) is 48.0 Å². The molecule has 6 nitrogen and oxygen atoms in total. The van der Waals surface area contributed by atoms with Crippen LogP contribution in [0, 0.1) is 0 Å². The van der Waals surface area contributed by atoms with Crippen LogP contribution in [0.15, 0.2) is 42.5 Å². The van der Waals surface area contributed by atoms with Crippen LogP contribution in [0.25, 0.3) is 0 Å². The second kappa shape index (κ2) is 9.58. The molecule has 1 atom stereocenters. The number of anilines is 1. The first-order valence-electron chi connectivity index (χ1n) is 10.9. The molecule has 2 heterocycles. The van der Waals surface area contributed by atoms with Gasteiger partial charge >= 0.3 is 0 Å². The van der Waals surface area contributed by atoms with Crippen LogP contribution in [-0.4, -0.2) is 74.4 Å². The Kier molecular flexibility index (Phi) is 6.65. The summed E-state index contributed by atoms with van der Waals surface area (Å²) in [7, 11) is 3.33. The highest BCUT2D eigenvalue weighted by Gasteiger charge is 2.28. The summed E-state index contributed by atoms with van der Waals surface area (Å²) in [6.45, 7) is 7.30. The summed E-state index contributed by atoms with van der Waals surface area (Å²) in [5.74, 6) is 1.71. The molecule has 0 unspecified atom stereocenters. The van der Waals surface area contributed by atoms with Gasteiger partial charge in [0.25, 0.3) is 0 Å². The van der Waals surface area contributed by atoms with Crippen LogP contribution in [0.2, 0.25) is 0 Å². The van der Waals surface area contributed by atoms with Gasteiger partial charge < -0.3 is 19.5 Å². The fourth-order valence-corrected chi connectivity index (χ4v) is 4.78. The van der Waals surface area contributed by atoms with Crippen LogP contribution in [0.5, 0.6) is 17.2 Å². The third-order valence-electron chi connectivity index (χ3n) is 6.39. The normalized spacial score (nSPS) is 20.9. The molecule has 2 aliphatic rings. The van der Waals surface area contributed by atoms with Gasteiger partial charge in [0.1, 0.15) is 5.75 Å². The van der Waals surface area contributed by atoms with E-state index in [0.29, 0.717) is 11.8 Å². The number of aromatic hydroxyl groups is 1. The Balaban J connectivity index is 1.32. The predicted octanol–water partition coefficient (Wildman–Crippen LogP) is 3.20. The molecule has 0 radical (unpaired) electrons. The SMILES string of the molecule is COc1ccc(CN2CCC[C@H](N3CCN(c4ccccc4OC)CC3)C2)cc1O. The monoisotopic (exact) mass is 411 g/mol. The lowest BCUT2D eigenvalue weighted by Crippen LogP contribution is -2.55. The van der Waals surface area contributed by atoms with Gasteiger partial charge in [0.05, 0.1) is 19.9 Å². The summed E-state index contributed by atoms with van der Waals surface area (Å²) in [6.07, 6.45) is 2.48. The quantitative estimate of drug-likeness (QED) is 0.788. The maximum atomic E-state index is 10.1. The van der Waals surface area contributed by atoms with Gasteiger partial charge in [-0.25, -0.2) is 0 Å². The van der Waals surface area contributed by atoms with Crippen LogP contribution < -0.4 is 14.4 Å². The summed E-state index contributed by atoms with van der Waals surface area (Å²) in [5, 5.41) is 10.1. The fraction of sp³-hybridized carbons (Fsp3) is 0.500. The highest BCUT2D eigenvalue weighted by molar-refractivity contribution is 5.58. The number of phenolic OH excluding ortho intramolecular Hbond substituents is 1. The first-order chi connectivity index (χ1) is 14.7. The molecule has 0 aliphatic carbocycles. The minimum absolute atomic E-state index is 0.219. The molecule has 162 valence electrons. The summed E-state index contributed by atoms with van der Waals surface area (Å²) in [5.41, 5.74) is 2.33. The molecule has 6 heteroatoms.